The summed E-state index contributed by atoms with van der Waals surface area (Å²) in [4.78, 5) is 2.40. The molecule has 2 saturated heterocycles. The lowest BCUT2D eigenvalue weighted by Crippen LogP contribution is -2.56. The van der Waals surface area contributed by atoms with E-state index in [-0.39, 0.29) is 5.41 Å². The van der Waals surface area contributed by atoms with Crippen molar-refractivity contribution in [2.75, 3.05) is 39.5 Å². The van der Waals surface area contributed by atoms with Gasteiger partial charge in [0.15, 0.2) is 0 Å². The quantitative estimate of drug-likeness (QED) is 0.747. The number of hydrogen-bond acceptors (Lipinski definition) is 3. The van der Waals surface area contributed by atoms with Crippen molar-refractivity contribution in [1.29, 1.82) is 0 Å². The highest BCUT2D eigenvalue weighted by Gasteiger charge is 2.49. The lowest BCUT2D eigenvalue weighted by molar-refractivity contribution is -0.0537. The second kappa shape index (κ2) is 6.32. The van der Waals surface area contributed by atoms with E-state index in [2.05, 4.69) is 25.8 Å². The Bertz CT molecular complexity index is 410. The molecule has 4 nitrogen and oxygen atoms in total. The molecule has 0 aliphatic carbocycles. The van der Waals surface area contributed by atoms with Gasteiger partial charge in [-0.05, 0) is 43.7 Å². The van der Waals surface area contributed by atoms with Crippen LogP contribution in [0.1, 0.15) is 47.0 Å². The molecule has 2 aliphatic rings. The van der Waals surface area contributed by atoms with Gasteiger partial charge in [0.2, 0.25) is 10.0 Å². The summed E-state index contributed by atoms with van der Waals surface area (Å²) >= 11 is 0. The minimum Gasteiger partial charge on any atom is -0.306 e. The van der Waals surface area contributed by atoms with Crippen molar-refractivity contribution in [2.24, 2.45) is 10.8 Å². The first-order chi connectivity index (χ1) is 9.16. The molecule has 0 saturated carbocycles. The molecule has 5 heteroatoms. The van der Waals surface area contributed by atoms with Gasteiger partial charge in [0, 0.05) is 19.6 Å². The minimum absolute atomic E-state index is 0.281. The smallest absolute Gasteiger partial charge is 0.211 e. The molecular formula is C15H32N2O2S. The van der Waals surface area contributed by atoms with Crippen LogP contribution in [0.4, 0.5) is 0 Å². The molecule has 0 aromatic carbocycles. The maximum atomic E-state index is 11.6. The molecule has 1 spiro atoms. The Balaban J connectivity index is 0.000000956. The van der Waals surface area contributed by atoms with Crippen molar-refractivity contribution >= 4 is 10.0 Å². The molecule has 2 aliphatic heterocycles. The van der Waals surface area contributed by atoms with Crippen molar-refractivity contribution in [3.8, 4) is 0 Å². The third kappa shape index (κ3) is 3.55. The number of sulfonamides is 1. The first-order valence-electron chi connectivity index (χ1n) is 7.80. The summed E-state index contributed by atoms with van der Waals surface area (Å²) in [7, 11) is -0.826. The highest BCUT2D eigenvalue weighted by atomic mass is 32.2. The van der Waals surface area contributed by atoms with Crippen LogP contribution in [-0.2, 0) is 10.0 Å². The van der Waals surface area contributed by atoms with Gasteiger partial charge < -0.3 is 4.90 Å². The van der Waals surface area contributed by atoms with E-state index in [0.29, 0.717) is 18.5 Å². The van der Waals surface area contributed by atoms with Gasteiger partial charge in [0.25, 0.3) is 0 Å². The van der Waals surface area contributed by atoms with E-state index in [1.807, 2.05) is 13.8 Å². The van der Waals surface area contributed by atoms with Gasteiger partial charge in [-0.1, -0.05) is 27.7 Å². The molecule has 2 heterocycles. The first-order valence-corrected chi connectivity index (χ1v) is 9.65. The van der Waals surface area contributed by atoms with Gasteiger partial charge in [-0.3, -0.25) is 0 Å². The van der Waals surface area contributed by atoms with Crippen LogP contribution in [0, 0.1) is 10.8 Å². The Kier molecular flexibility index (Phi) is 5.67. The molecular weight excluding hydrogens is 272 g/mol. The zero-order chi connectivity index (χ0) is 15.6. The fourth-order valence-corrected chi connectivity index (χ4v) is 4.68. The third-order valence-electron chi connectivity index (χ3n) is 5.22. The highest BCUT2D eigenvalue weighted by Crippen LogP contribution is 2.52. The summed E-state index contributed by atoms with van der Waals surface area (Å²) in [6.45, 7) is 12.4. The van der Waals surface area contributed by atoms with E-state index in [4.69, 9.17) is 0 Å². The summed E-state index contributed by atoms with van der Waals surface area (Å²) in [6.07, 6.45) is 4.56. The number of hydrogen-bond donors (Lipinski definition) is 0. The maximum Gasteiger partial charge on any atom is 0.211 e. The Morgan fingerprint density at radius 2 is 1.40 bits per heavy atom. The van der Waals surface area contributed by atoms with Gasteiger partial charge in [-0.15, -0.1) is 0 Å². The van der Waals surface area contributed by atoms with Crippen LogP contribution < -0.4 is 0 Å². The maximum absolute atomic E-state index is 11.6. The molecule has 0 radical (unpaired) electrons. The SMILES string of the molecule is CC.CN1CCC2(CCN(S(C)(=O)=O)CC2)C(C)(C)C1. The molecule has 120 valence electrons. The zero-order valence-electron chi connectivity index (χ0n) is 14.1. The fraction of sp³-hybridized carbons (Fsp3) is 1.00. The first kappa shape index (κ1) is 17.9. The molecule has 2 fully saturated rings. The van der Waals surface area contributed by atoms with Crippen molar-refractivity contribution in [2.45, 2.75) is 47.0 Å². The third-order valence-corrected chi connectivity index (χ3v) is 6.52. The highest BCUT2D eigenvalue weighted by molar-refractivity contribution is 7.88. The number of nitrogens with zero attached hydrogens (tertiary/aromatic N) is 2. The monoisotopic (exact) mass is 304 g/mol. The largest absolute Gasteiger partial charge is 0.306 e. The van der Waals surface area contributed by atoms with E-state index < -0.39 is 10.0 Å². The molecule has 0 bridgehead atoms. The second-order valence-corrected chi connectivity index (χ2v) is 8.80. The van der Waals surface area contributed by atoms with Gasteiger partial charge >= 0.3 is 0 Å². The van der Waals surface area contributed by atoms with Crippen molar-refractivity contribution in [3.05, 3.63) is 0 Å². The van der Waals surface area contributed by atoms with Crippen molar-refractivity contribution < 1.29 is 8.42 Å². The summed E-state index contributed by atoms with van der Waals surface area (Å²) < 4.78 is 24.8. The average molecular weight is 305 g/mol. The zero-order valence-corrected chi connectivity index (χ0v) is 14.9. The Hall–Kier alpha value is -0.130. The fourth-order valence-electron chi connectivity index (χ4n) is 3.84. The molecule has 0 aromatic rings. The van der Waals surface area contributed by atoms with Gasteiger partial charge in [-0.25, -0.2) is 12.7 Å². The predicted molar refractivity (Wildman–Crippen MR) is 85.3 cm³/mol. The Labute approximate surface area is 125 Å². The van der Waals surface area contributed by atoms with Crippen molar-refractivity contribution in [3.63, 3.8) is 0 Å². The van der Waals surface area contributed by atoms with Crippen LogP contribution in [0.3, 0.4) is 0 Å². The van der Waals surface area contributed by atoms with Gasteiger partial charge in [0.1, 0.15) is 0 Å². The number of likely N-dealkylation sites (tertiary alicyclic amines) is 1. The van der Waals surface area contributed by atoms with Crippen LogP contribution in [0.25, 0.3) is 0 Å². The van der Waals surface area contributed by atoms with Crippen LogP contribution in [0.5, 0.6) is 0 Å². The topological polar surface area (TPSA) is 40.6 Å². The predicted octanol–water partition coefficient (Wildman–Crippen LogP) is 2.42. The Morgan fingerprint density at radius 3 is 1.80 bits per heavy atom. The molecule has 2 rings (SSSR count). The number of rotatable bonds is 1. The molecule has 0 amide bonds. The van der Waals surface area contributed by atoms with Crippen LogP contribution in [-0.4, -0.2) is 57.1 Å². The summed E-state index contributed by atoms with van der Waals surface area (Å²) in [5.74, 6) is 0. The molecule has 20 heavy (non-hydrogen) atoms. The van der Waals surface area contributed by atoms with Crippen LogP contribution in [0.15, 0.2) is 0 Å². The van der Waals surface area contributed by atoms with E-state index in [0.717, 1.165) is 25.9 Å². The van der Waals surface area contributed by atoms with E-state index >= 15 is 0 Å². The summed E-state index contributed by atoms with van der Waals surface area (Å²) in [5.41, 5.74) is 0.615. The van der Waals surface area contributed by atoms with Crippen LogP contribution >= 0.6 is 0 Å². The van der Waals surface area contributed by atoms with E-state index in [1.54, 1.807) is 4.31 Å². The van der Waals surface area contributed by atoms with Crippen molar-refractivity contribution in [1.82, 2.24) is 9.21 Å². The van der Waals surface area contributed by atoms with E-state index in [1.165, 1.54) is 12.7 Å². The lowest BCUT2D eigenvalue weighted by Gasteiger charge is -2.56. The van der Waals surface area contributed by atoms with Gasteiger partial charge in [-0.2, -0.15) is 0 Å². The Morgan fingerprint density at radius 1 is 0.950 bits per heavy atom. The summed E-state index contributed by atoms with van der Waals surface area (Å²) in [6, 6.07) is 0. The van der Waals surface area contributed by atoms with Crippen LogP contribution in [0.2, 0.25) is 0 Å². The molecule has 0 N–H and O–H groups in total. The standard InChI is InChI=1S/C13H26N2O2S.C2H6/c1-12(2)11-14(3)8-5-13(12)6-9-15(10-7-13)18(4,16)17;1-2/h5-11H2,1-4H3;1-2H3. The second-order valence-electron chi connectivity index (χ2n) is 6.81. The molecule has 0 atom stereocenters. The molecule has 0 aromatic heterocycles. The lowest BCUT2D eigenvalue weighted by atomic mass is 9.57. The van der Waals surface area contributed by atoms with E-state index in [9.17, 15) is 8.42 Å². The molecule has 0 unspecified atom stereocenters. The normalized spacial score (nSPS) is 26.9. The number of piperidine rings is 2. The van der Waals surface area contributed by atoms with Gasteiger partial charge in [0.05, 0.1) is 6.26 Å². The summed E-state index contributed by atoms with van der Waals surface area (Å²) in [5, 5.41) is 0. The minimum atomic E-state index is -3.01. The average Bonchev–Trinajstić information content (AvgIpc) is 2.36.